The van der Waals surface area contributed by atoms with Crippen molar-refractivity contribution >= 4 is 11.3 Å². The third-order valence-electron chi connectivity index (χ3n) is 2.51. The molecule has 0 saturated heterocycles. The van der Waals surface area contributed by atoms with Gasteiger partial charge in [0.25, 0.3) is 0 Å². The molecule has 2 rings (SSSR count). The average Bonchev–Trinajstić information content (AvgIpc) is 2.80. The van der Waals surface area contributed by atoms with Crippen LogP contribution in [0.2, 0.25) is 0 Å². The molecular formula is C11H14N2OS. The van der Waals surface area contributed by atoms with Gasteiger partial charge in [-0.05, 0) is 31.5 Å². The molecule has 4 heteroatoms. The number of aryl methyl sites for hydroxylation is 2. The maximum absolute atomic E-state index is 5.57. The Morgan fingerprint density at radius 1 is 1.47 bits per heavy atom. The van der Waals surface area contributed by atoms with E-state index >= 15 is 0 Å². The van der Waals surface area contributed by atoms with Crippen molar-refractivity contribution in [1.29, 1.82) is 0 Å². The fourth-order valence-corrected chi connectivity index (χ4v) is 2.66. The summed E-state index contributed by atoms with van der Waals surface area (Å²) in [5, 5.41) is 0. The topological polar surface area (TPSA) is 51.2 Å². The lowest BCUT2D eigenvalue weighted by Gasteiger charge is -2.11. The van der Waals surface area contributed by atoms with Crippen molar-refractivity contribution in [3.63, 3.8) is 0 Å². The molecule has 0 bridgehead atoms. The van der Waals surface area contributed by atoms with Crippen LogP contribution in [0.4, 0.5) is 0 Å². The highest BCUT2D eigenvalue weighted by atomic mass is 32.1. The molecule has 0 spiro atoms. The molecule has 0 aliphatic rings. The van der Waals surface area contributed by atoms with E-state index in [0.717, 1.165) is 5.56 Å². The van der Waals surface area contributed by atoms with Crippen LogP contribution in [-0.2, 0) is 0 Å². The Labute approximate surface area is 92.9 Å². The predicted molar refractivity (Wildman–Crippen MR) is 61.7 cm³/mol. The first-order valence-corrected chi connectivity index (χ1v) is 5.59. The zero-order valence-electron chi connectivity index (χ0n) is 8.78. The second-order valence-electron chi connectivity index (χ2n) is 3.54. The fourth-order valence-electron chi connectivity index (χ4n) is 1.53. The van der Waals surface area contributed by atoms with E-state index < -0.39 is 0 Å². The summed E-state index contributed by atoms with van der Waals surface area (Å²) in [4.78, 5) is 2.54. The molecule has 80 valence electrons. The van der Waals surface area contributed by atoms with Crippen molar-refractivity contribution in [3.8, 4) is 0 Å². The van der Waals surface area contributed by atoms with Crippen molar-refractivity contribution < 1.29 is 4.42 Å². The first kappa shape index (κ1) is 10.4. The second kappa shape index (κ2) is 4.18. The highest BCUT2D eigenvalue weighted by Gasteiger charge is 2.16. The van der Waals surface area contributed by atoms with Crippen molar-refractivity contribution in [2.45, 2.75) is 19.9 Å². The Hall–Kier alpha value is -1.10. The molecule has 0 saturated carbocycles. The minimum absolute atomic E-state index is 0.0288. The average molecular weight is 222 g/mol. The van der Waals surface area contributed by atoms with E-state index in [1.165, 1.54) is 15.3 Å². The number of hydrogen-bond donors (Lipinski definition) is 2. The van der Waals surface area contributed by atoms with Crippen molar-refractivity contribution in [1.82, 2.24) is 5.43 Å². The molecule has 0 aromatic carbocycles. The first-order chi connectivity index (χ1) is 7.22. The van der Waals surface area contributed by atoms with Gasteiger partial charge < -0.3 is 4.42 Å². The molecule has 3 N–H and O–H groups in total. The molecule has 1 unspecified atom stereocenters. The van der Waals surface area contributed by atoms with E-state index in [1.807, 2.05) is 6.07 Å². The Kier molecular flexibility index (Phi) is 2.90. The van der Waals surface area contributed by atoms with Crippen molar-refractivity contribution in [2.24, 2.45) is 5.84 Å². The molecule has 0 radical (unpaired) electrons. The largest absolute Gasteiger partial charge is 0.472 e. The fraction of sp³-hybridized carbons (Fsp3) is 0.273. The Balaban J connectivity index is 2.35. The summed E-state index contributed by atoms with van der Waals surface area (Å²) in [6.45, 7) is 4.23. The van der Waals surface area contributed by atoms with Crippen LogP contribution in [0, 0.1) is 13.8 Å². The molecule has 2 heterocycles. The van der Waals surface area contributed by atoms with E-state index in [1.54, 1.807) is 23.9 Å². The quantitative estimate of drug-likeness (QED) is 0.619. The maximum Gasteiger partial charge on any atom is 0.0954 e. The zero-order chi connectivity index (χ0) is 10.8. The molecule has 0 amide bonds. The summed E-state index contributed by atoms with van der Waals surface area (Å²) in [6.07, 6.45) is 3.38. The van der Waals surface area contributed by atoms with Gasteiger partial charge in [-0.25, -0.2) is 5.43 Å². The van der Waals surface area contributed by atoms with Gasteiger partial charge in [-0.2, -0.15) is 0 Å². The van der Waals surface area contributed by atoms with Crippen LogP contribution in [0.3, 0.4) is 0 Å². The smallest absolute Gasteiger partial charge is 0.0954 e. The third-order valence-corrected chi connectivity index (χ3v) is 3.73. The van der Waals surface area contributed by atoms with Crippen LogP contribution in [-0.4, -0.2) is 0 Å². The van der Waals surface area contributed by atoms with Crippen molar-refractivity contribution in [3.05, 3.63) is 45.5 Å². The molecule has 0 aliphatic carbocycles. The Morgan fingerprint density at radius 3 is 2.73 bits per heavy atom. The van der Waals surface area contributed by atoms with Gasteiger partial charge in [0.05, 0.1) is 18.6 Å². The molecule has 0 fully saturated rings. The van der Waals surface area contributed by atoms with Crippen LogP contribution in [0.5, 0.6) is 0 Å². The predicted octanol–water partition coefficient (Wildman–Crippen LogP) is 2.51. The zero-order valence-corrected chi connectivity index (χ0v) is 9.60. The summed E-state index contributed by atoms with van der Waals surface area (Å²) in [5.74, 6) is 5.57. The van der Waals surface area contributed by atoms with Crippen molar-refractivity contribution in [2.75, 3.05) is 0 Å². The second-order valence-corrected chi connectivity index (χ2v) is 4.83. The normalized spacial score (nSPS) is 13.0. The van der Waals surface area contributed by atoms with Crippen LogP contribution >= 0.6 is 11.3 Å². The van der Waals surface area contributed by atoms with Gasteiger partial charge in [0.1, 0.15) is 0 Å². The lowest BCUT2D eigenvalue weighted by molar-refractivity contribution is 0.554. The molecule has 3 nitrogen and oxygen atoms in total. The van der Waals surface area contributed by atoms with Gasteiger partial charge in [0.15, 0.2) is 0 Å². The highest BCUT2D eigenvalue weighted by Crippen LogP contribution is 2.30. The van der Waals surface area contributed by atoms with Crippen LogP contribution in [0.15, 0.2) is 29.1 Å². The van der Waals surface area contributed by atoms with Gasteiger partial charge in [-0.1, -0.05) is 0 Å². The van der Waals surface area contributed by atoms with E-state index in [4.69, 9.17) is 10.3 Å². The van der Waals surface area contributed by atoms with E-state index in [-0.39, 0.29) is 6.04 Å². The summed E-state index contributed by atoms with van der Waals surface area (Å²) in [5.41, 5.74) is 5.17. The van der Waals surface area contributed by atoms with E-state index in [9.17, 15) is 0 Å². The number of hydrogen-bond acceptors (Lipinski definition) is 4. The van der Waals surface area contributed by atoms with E-state index in [2.05, 4.69) is 25.3 Å². The number of nitrogens with one attached hydrogen (secondary N) is 1. The molecule has 0 aliphatic heterocycles. The number of thiophene rings is 1. The van der Waals surface area contributed by atoms with Gasteiger partial charge in [-0.15, -0.1) is 11.3 Å². The monoisotopic (exact) mass is 222 g/mol. The minimum Gasteiger partial charge on any atom is -0.472 e. The molecule has 2 aromatic heterocycles. The summed E-state index contributed by atoms with van der Waals surface area (Å²) in [6, 6.07) is 4.12. The Morgan fingerprint density at radius 2 is 2.27 bits per heavy atom. The van der Waals surface area contributed by atoms with Crippen LogP contribution in [0.25, 0.3) is 0 Å². The number of furan rings is 1. The van der Waals surface area contributed by atoms with Crippen LogP contribution < -0.4 is 11.3 Å². The Bertz CT molecular complexity index is 414. The van der Waals surface area contributed by atoms with Gasteiger partial charge in [0.2, 0.25) is 0 Å². The maximum atomic E-state index is 5.57. The summed E-state index contributed by atoms with van der Waals surface area (Å²) in [7, 11) is 0. The lowest BCUT2D eigenvalue weighted by Crippen LogP contribution is -2.27. The summed E-state index contributed by atoms with van der Waals surface area (Å²) < 4.78 is 5.06. The summed E-state index contributed by atoms with van der Waals surface area (Å²) >= 11 is 1.76. The molecule has 1 atom stereocenters. The van der Waals surface area contributed by atoms with E-state index in [0.29, 0.717) is 0 Å². The minimum atomic E-state index is 0.0288. The molecule has 2 aromatic rings. The molecular weight excluding hydrogens is 208 g/mol. The number of rotatable bonds is 3. The number of nitrogens with two attached hydrogens (primary N) is 1. The standard InChI is InChI=1S/C11H14N2OS/c1-7-5-10(15-8(7)2)11(13-12)9-3-4-14-6-9/h3-6,11,13H,12H2,1-2H3. The van der Waals surface area contributed by atoms with Gasteiger partial charge >= 0.3 is 0 Å². The van der Waals surface area contributed by atoms with Crippen LogP contribution in [0.1, 0.15) is 26.9 Å². The molecule has 15 heavy (non-hydrogen) atoms. The lowest BCUT2D eigenvalue weighted by atomic mass is 10.1. The third kappa shape index (κ3) is 1.97. The number of hydrazine groups is 1. The van der Waals surface area contributed by atoms with Gasteiger partial charge in [0, 0.05) is 15.3 Å². The highest BCUT2D eigenvalue weighted by molar-refractivity contribution is 7.12. The first-order valence-electron chi connectivity index (χ1n) is 4.77. The SMILES string of the molecule is Cc1cc(C(NN)c2ccoc2)sc1C. The van der Waals surface area contributed by atoms with Gasteiger partial charge in [-0.3, -0.25) is 5.84 Å².